The highest BCUT2D eigenvalue weighted by atomic mass is 79.9. The van der Waals surface area contributed by atoms with Gasteiger partial charge in [-0.3, -0.25) is 9.48 Å². The van der Waals surface area contributed by atoms with Gasteiger partial charge in [-0.05, 0) is 57.9 Å². The summed E-state index contributed by atoms with van der Waals surface area (Å²) in [7, 11) is 1.61. The van der Waals surface area contributed by atoms with Crippen LogP contribution in [0.4, 0.5) is 5.82 Å². The van der Waals surface area contributed by atoms with Gasteiger partial charge >= 0.3 is 0 Å². The predicted molar refractivity (Wildman–Crippen MR) is 124 cm³/mol. The van der Waals surface area contributed by atoms with E-state index in [4.69, 9.17) is 21.1 Å². The molecule has 8 nitrogen and oxygen atoms in total. The number of carbonyl (C=O) groups excluding carboxylic acids is 1. The molecule has 0 aliphatic heterocycles. The third-order valence-corrected chi connectivity index (χ3v) is 5.48. The largest absolute Gasteiger partial charge is 0.497 e. The van der Waals surface area contributed by atoms with Gasteiger partial charge in [-0.15, -0.1) is 0 Å². The van der Waals surface area contributed by atoms with Crippen molar-refractivity contribution >= 4 is 39.3 Å². The van der Waals surface area contributed by atoms with E-state index in [1.165, 1.54) is 4.68 Å². The lowest BCUT2D eigenvalue weighted by Crippen LogP contribution is -2.15. The second kappa shape index (κ2) is 9.88. The number of anilines is 1. The maximum atomic E-state index is 12.6. The molecule has 0 fully saturated rings. The number of methoxy groups -OCH3 is 1. The van der Waals surface area contributed by atoms with Crippen LogP contribution < -0.4 is 14.8 Å². The molecule has 0 saturated heterocycles. The molecule has 1 N–H and O–H groups in total. The highest BCUT2D eigenvalue weighted by molar-refractivity contribution is 9.10. The van der Waals surface area contributed by atoms with Crippen LogP contribution in [0.3, 0.4) is 0 Å². The van der Waals surface area contributed by atoms with Crippen LogP contribution in [0, 0.1) is 0 Å². The van der Waals surface area contributed by atoms with E-state index in [-0.39, 0.29) is 18.3 Å². The Morgan fingerprint density at radius 2 is 1.81 bits per heavy atom. The summed E-state index contributed by atoms with van der Waals surface area (Å²) >= 11 is 9.65. The van der Waals surface area contributed by atoms with Gasteiger partial charge in [0.05, 0.1) is 18.1 Å². The fraction of sp³-hybridized carbons (Fsp3) is 0.136. The summed E-state index contributed by atoms with van der Waals surface area (Å²) in [6, 6.07) is 16.4. The molecular weight excluding hydrogens is 498 g/mol. The number of nitrogens with one attached hydrogen (secondary N) is 1. The quantitative estimate of drug-likeness (QED) is 0.362. The maximum Gasteiger partial charge on any atom is 0.277 e. The Morgan fingerprint density at radius 1 is 1.06 bits per heavy atom. The third kappa shape index (κ3) is 5.30. The number of amides is 1. The first-order chi connectivity index (χ1) is 15.5. The van der Waals surface area contributed by atoms with Crippen LogP contribution >= 0.6 is 27.5 Å². The molecule has 2 aromatic heterocycles. The van der Waals surface area contributed by atoms with Gasteiger partial charge in [0.15, 0.2) is 18.2 Å². The lowest BCUT2D eigenvalue weighted by atomic mass is 10.2. The number of hydrogen-bond acceptors (Lipinski definition) is 5. The molecule has 164 valence electrons. The molecule has 0 saturated carbocycles. The van der Waals surface area contributed by atoms with Crippen molar-refractivity contribution in [1.29, 1.82) is 0 Å². The first-order valence-electron chi connectivity index (χ1n) is 9.60. The summed E-state index contributed by atoms with van der Waals surface area (Å²) in [5.41, 5.74) is 1.17. The molecule has 4 aromatic rings. The minimum Gasteiger partial charge on any atom is -0.497 e. The van der Waals surface area contributed by atoms with Crippen molar-refractivity contribution in [3.63, 3.8) is 0 Å². The normalized spacial score (nSPS) is 10.7. The summed E-state index contributed by atoms with van der Waals surface area (Å²) in [5.74, 6) is 1.43. The summed E-state index contributed by atoms with van der Waals surface area (Å²) in [5, 5.41) is 12.1. The number of ether oxygens (including phenoxy) is 2. The van der Waals surface area contributed by atoms with E-state index in [9.17, 15) is 4.79 Å². The fourth-order valence-electron chi connectivity index (χ4n) is 2.90. The first-order valence-corrected chi connectivity index (χ1v) is 10.8. The molecule has 0 radical (unpaired) electrons. The molecule has 2 heterocycles. The number of nitrogens with zero attached hydrogens (tertiary/aromatic N) is 4. The smallest absolute Gasteiger partial charge is 0.277 e. The maximum absolute atomic E-state index is 12.6. The van der Waals surface area contributed by atoms with Gasteiger partial charge in [-0.2, -0.15) is 10.2 Å². The molecule has 32 heavy (non-hydrogen) atoms. The van der Waals surface area contributed by atoms with Gasteiger partial charge in [0.25, 0.3) is 5.91 Å². The SMILES string of the molecule is COc1ccc(OCn2ccc(C(=O)Nc3nn(Cc4ccccc4Cl)cc3Br)n2)cc1. The van der Waals surface area contributed by atoms with Crippen LogP contribution in [-0.2, 0) is 13.3 Å². The second-order valence-corrected chi connectivity index (χ2v) is 8.02. The van der Waals surface area contributed by atoms with E-state index in [2.05, 4.69) is 31.4 Å². The van der Waals surface area contributed by atoms with E-state index < -0.39 is 0 Å². The molecule has 1 amide bonds. The van der Waals surface area contributed by atoms with Crippen LogP contribution in [0.5, 0.6) is 11.5 Å². The van der Waals surface area contributed by atoms with Crippen LogP contribution in [0.1, 0.15) is 16.1 Å². The molecule has 0 spiro atoms. The van der Waals surface area contributed by atoms with Crippen LogP contribution in [0.25, 0.3) is 0 Å². The average Bonchev–Trinajstić information content (AvgIpc) is 3.41. The Balaban J connectivity index is 1.36. The fourth-order valence-corrected chi connectivity index (χ4v) is 3.51. The Labute approximate surface area is 197 Å². The highest BCUT2D eigenvalue weighted by Gasteiger charge is 2.15. The van der Waals surface area contributed by atoms with E-state index in [1.807, 2.05) is 24.3 Å². The molecule has 0 aliphatic carbocycles. The number of aromatic nitrogens is 4. The predicted octanol–water partition coefficient (Wildman–Crippen LogP) is 4.84. The first kappa shape index (κ1) is 21.9. The lowest BCUT2D eigenvalue weighted by molar-refractivity contribution is 0.101. The minimum atomic E-state index is -0.378. The molecule has 0 atom stereocenters. The van der Waals surface area contributed by atoms with Gasteiger partial charge in [0, 0.05) is 17.4 Å². The standard InChI is InChI=1S/C22H19BrClN5O3/c1-31-16-6-8-17(9-7-16)32-14-28-11-10-20(26-28)22(30)25-21-18(23)13-29(27-21)12-15-4-2-3-5-19(15)24/h2-11,13H,12,14H2,1H3,(H,25,27,30). The van der Waals surface area contributed by atoms with Gasteiger partial charge < -0.3 is 14.8 Å². The summed E-state index contributed by atoms with van der Waals surface area (Å²) < 4.78 is 14.7. The lowest BCUT2D eigenvalue weighted by Gasteiger charge is -2.07. The Hall–Kier alpha value is -3.30. The van der Waals surface area contributed by atoms with Crippen molar-refractivity contribution in [2.75, 3.05) is 12.4 Å². The van der Waals surface area contributed by atoms with Crippen LogP contribution in [0.2, 0.25) is 5.02 Å². The summed E-state index contributed by atoms with van der Waals surface area (Å²) in [6.07, 6.45) is 3.45. The van der Waals surface area contributed by atoms with Crippen molar-refractivity contribution in [1.82, 2.24) is 19.6 Å². The van der Waals surface area contributed by atoms with Crippen LogP contribution in [-0.4, -0.2) is 32.6 Å². The average molecular weight is 517 g/mol. The monoisotopic (exact) mass is 515 g/mol. The zero-order valence-corrected chi connectivity index (χ0v) is 19.4. The molecule has 10 heteroatoms. The molecule has 4 rings (SSSR count). The van der Waals surface area contributed by atoms with Crippen LogP contribution in [0.15, 0.2) is 71.5 Å². The number of benzene rings is 2. The molecule has 2 aromatic carbocycles. The second-order valence-electron chi connectivity index (χ2n) is 6.76. The summed E-state index contributed by atoms with van der Waals surface area (Å²) in [6.45, 7) is 0.640. The summed E-state index contributed by atoms with van der Waals surface area (Å²) in [4.78, 5) is 12.6. The van der Waals surface area contributed by atoms with Gasteiger partial charge in [-0.25, -0.2) is 4.68 Å². The number of halogens is 2. The Morgan fingerprint density at radius 3 is 2.56 bits per heavy atom. The topological polar surface area (TPSA) is 83.2 Å². The highest BCUT2D eigenvalue weighted by Crippen LogP contribution is 2.23. The Kier molecular flexibility index (Phi) is 6.77. The van der Waals surface area contributed by atoms with E-state index in [0.717, 1.165) is 11.3 Å². The van der Waals surface area contributed by atoms with Crippen molar-refractivity contribution < 1.29 is 14.3 Å². The van der Waals surface area contributed by atoms with Crippen molar-refractivity contribution in [3.8, 4) is 11.5 Å². The molecule has 0 bridgehead atoms. The van der Waals surface area contributed by atoms with Gasteiger partial charge in [0.1, 0.15) is 11.5 Å². The molecule has 0 aliphatic rings. The number of rotatable bonds is 8. The van der Waals surface area contributed by atoms with Gasteiger partial charge in [-0.1, -0.05) is 29.8 Å². The molecular formula is C22H19BrClN5O3. The zero-order chi connectivity index (χ0) is 22.5. The number of hydrogen-bond donors (Lipinski definition) is 1. The van der Waals surface area contributed by atoms with E-state index in [1.54, 1.807) is 54.5 Å². The minimum absolute atomic E-state index is 0.162. The Bertz CT molecular complexity index is 1220. The zero-order valence-electron chi connectivity index (χ0n) is 17.0. The van der Waals surface area contributed by atoms with E-state index >= 15 is 0 Å². The van der Waals surface area contributed by atoms with Crippen molar-refractivity contribution in [2.24, 2.45) is 0 Å². The molecule has 0 unspecified atom stereocenters. The van der Waals surface area contributed by atoms with E-state index in [0.29, 0.717) is 27.6 Å². The van der Waals surface area contributed by atoms with Crippen molar-refractivity contribution in [2.45, 2.75) is 13.3 Å². The van der Waals surface area contributed by atoms with Gasteiger partial charge in [0.2, 0.25) is 0 Å². The third-order valence-electron chi connectivity index (χ3n) is 4.54. The number of carbonyl (C=O) groups is 1. The van der Waals surface area contributed by atoms with Crippen molar-refractivity contribution in [3.05, 3.63) is 87.7 Å².